The predicted molar refractivity (Wildman–Crippen MR) is 90.8 cm³/mol. The Morgan fingerprint density at radius 3 is 2.44 bits per heavy atom. The van der Waals surface area contributed by atoms with Gasteiger partial charge in [-0.15, -0.1) is 24.5 Å². The average Bonchev–Trinajstić information content (AvgIpc) is 3.30. The lowest BCUT2D eigenvalue weighted by molar-refractivity contribution is -0.274. The van der Waals surface area contributed by atoms with Crippen molar-refractivity contribution in [2.24, 2.45) is 0 Å². The number of thiophene rings is 1. The molecule has 140 valence electrons. The van der Waals surface area contributed by atoms with E-state index in [2.05, 4.69) is 10.1 Å². The SMILES string of the molecule is O=C(NCc1ccc(C(=O)c2ccco2)s1)c1ccc(OC(F)(F)F)cc1. The monoisotopic (exact) mass is 395 g/mol. The van der Waals surface area contributed by atoms with Crippen LogP contribution in [0.1, 0.15) is 30.7 Å². The van der Waals surface area contributed by atoms with Crippen LogP contribution >= 0.6 is 11.3 Å². The predicted octanol–water partition coefficient (Wildman–Crippen LogP) is 4.40. The lowest BCUT2D eigenvalue weighted by Crippen LogP contribution is -2.22. The number of hydrogen-bond acceptors (Lipinski definition) is 5. The molecule has 9 heteroatoms. The molecule has 2 heterocycles. The van der Waals surface area contributed by atoms with Gasteiger partial charge in [0.1, 0.15) is 5.75 Å². The van der Waals surface area contributed by atoms with Crippen molar-refractivity contribution in [1.29, 1.82) is 0 Å². The van der Waals surface area contributed by atoms with Gasteiger partial charge >= 0.3 is 6.36 Å². The molecule has 0 bridgehead atoms. The van der Waals surface area contributed by atoms with Gasteiger partial charge < -0.3 is 14.5 Å². The third-order valence-electron chi connectivity index (χ3n) is 3.40. The molecule has 0 aliphatic heterocycles. The van der Waals surface area contributed by atoms with E-state index in [0.717, 1.165) is 17.0 Å². The minimum absolute atomic E-state index is 0.176. The van der Waals surface area contributed by atoms with Crippen molar-refractivity contribution >= 4 is 23.0 Å². The normalized spacial score (nSPS) is 11.2. The highest BCUT2D eigenvalue weighted by Gasteiger charge is 2.31. The van der Waals surface area contributed by atoms with Crippen molar-refractivity contribution in [3.8, 4) is 5.75 Å². The van der Waals surface area contributed by atoms with Crippen LogP contribution in [0.15, 0.2) is 59.2 Å². The van der Waals surface area contributed by atoms with Crippen molar-refractivity contribution in [2.45, 2.75) is 12.9 Å². The van der Waals surface area contributed by atoms with Gasteiger partial charge in [-0.05, 0) is 48.5 Å². The second kappa shape index (κ2) is 7.67. The number of carbonyl (C=O) groups excluding carboxylic acids is 2. The first-order valence-corrected chi connectivity index (χ1v) is 8.44. The van der Waals surface area contributed by atoms with Crippen LogP contribution < -0.4 is 10.1 Å². The Bertz CT molecular complexity index is 930. The smallest absolute Gasteiger partial charge is 0.461 e. The number of hydrogen-bond donors (Lipinski definition) is 1. The molecule has 3 rings (SSSR count). The fourth-order valence-electron chi connectivity index (χ4n) is 2.20. The summed E-state index contributed by atoms with van der Waals surface area (Å²) < 4.78 is 45.2. The third-order valence-corrected chi connectivity index (χ3v) is 4.49. The van der Waals surface area contributed by atoms with Gasteiger partial charge in [0, 0.05) is 10.4 Å². The van der Waals surface area contributed by atoms with E-state index < -0.39 is 18.0 Å². The van der Waals surface area contributed by atoms with Crippen LogP contribution in [-0.4, -0.2) is 18.1 Å². The number of ketones is 1. The Morgan fingerprint density at radius 1 is 1.07 bits per heavy atom. The molecule has 0 spiro atoms. The van der Waals surface area contributed by atoms with Crippen LogP contribution in [0.4, 0.5) is 13.2 Å². The molecule has 1 aromatic carbocycles. The Labute approximate surface area is 155 Å². The molecule has 0 unspecified atom stereocenters. The van der Waals surface area contributed by atoms with Crippen molar-refractivity contribution in [1.82, 2.24) is 5.32 Å². The molecule has 0 aliphatic rings. The summed E-state index contributed by atoms with van der Waals surface area (Å²) in [6, 6.07) is 11.1. The number of furan rings is 1. The number of rotatable bonds is 6. The highest BCUT2D eigenvalue weighted by molar-refractivity contribution is 7.14. The molecule has 2 aromatic heterocycles. The maximum absolute atomic E-state index is 12.1. The zero-order valence-electron chi connectivity index (χ0n) is 13.6. The highest BCUT2D eigenvalue weighted by atomic mass is 32.1. The van der Waals surface area contributed by atoms with Gasteiger partial charge in [-0.3, -0.25) is 9.59 Å². The van der Waals surface area contributed by atoms with E-state index in [0.29, 0.717) is 4.88 Å². The number of ether oxygens (including phenoxy) is 1. The molecule has 0 atom stereocenters. The van der Waals surface area contributed by atoms with Crippen molar-refractivity contribution < 1.29 is 31.9 Å². The van der Waals surface area contributed by atoms with E-state index in [-0.39, 0.29) is 23.7 Å². The molecule has 3 aromatic rings. The molecule has 1 amide bonds. The van der Waals surface area contributed by atoms with Crippen LogP contribution in [0.5, 0.6) is 5.75 Å². The molecular weight excluding hydrogens is 383 g/mol. The molecule has 0 saturated carbocycles. The lowest BCUT2D eigenvalue weighted by atomic mass is 10.2. The Kier molecular flexibility index (Phi) is 5.31. The first kappa shape index (κ1) is 18.7. The van der Waals surface area contributed by atoms with Gasteiger partial charge in [0.05, 0.1) is 17.7 Å². The summed E-state index contributed by atoms with van der Waals surface area (Å²) in [6.45, 7) is 0.176. The van der Waals surface area contributed by atoms with Crippen LogP contribution in [-0.2, 0) is 6.54 Å². The number of amides is 1. The van der Waals surface area contributed by atoms with Crippen molar-refractivity contribution in [3.63, 3.8) is 0 Å². The van der Waals surface area contributed by atoms with Gasteiger partial charge in [-0.1, -0.05) is 0 Å². The van der Waals surface area contributed by atoms with Crippen LogP contribution in [0, 0.1) is 0 Å². The van der Waals surface area contributed by atoms with E-state index in [1.165, 1.54) is 29.7 Å². The Morgan fingerprint density at radius 2 is 1.81 bits per heavy atom. The first-order valence-electron chi connectivity index (χ1n) is 7.63. The summed E-state index contributed by atoms with van der Waals surface area (Å²) in [5.74, 6) is -0.879. The summed E-state index contributed by atoms with van der Waals surface area (Å²) in [5.41, 5.74) is 0.188. The summed E-state index contributed by atoms with van der Waals surface area (Å²) in [6.07, 6.45) is -3.37. The maximum Gasteiger partial charge on any atom is 0.573 e. The molecule has 0 saturated heterocycles. The number of halogens is 3. The van der Waals surface area contributed by atoms with Crippen LogP contribution in [0.2, 0.25) is 0 Å². The van der Waals surface area contributed by atoms with Gasteiger partial charge in [0.15, 0.2) is 5.76 Å². The average molecular weight is 395 g/mol. The minimum Gasteiger partial charge on any atom is -0.461 e. The number of alkyl halides is 3. The van der Waals surface area contributed by atoms with Gasteiger partial charge in [-0.25, -0.2) is 0 Å². The molecule has 0 fully saturated rings. The van der Waals surface area contributed by atoms with E-state index in [1.54, 1.807) is 24.3 Å². The van der Waals surface area contributed by atoms with Gasteiger partial charge in [0.2, 0.25) is 5.78 Å². The third kappa shape index (κ3) is 4.98. The quantitative estimate of drug-likeness (QED) is 0.628. The zero-order valence-corrected chi connectivity index (χ0v) is 14.4. The van der Waals surface area contributed by atoms with Crippen LogP contribution in [0.25, 0.3) is 0 Å². The molecule has 0 radical (unpaired) electrons. The number of carbonyl (C=O) groups is 2. The van der Waals surface area contributed by atoms with Crippen molar-refractivity contribution in [2.75, 3.05) is 0 Å². The van der Waals surface area contributed by atoms with E-state index in [4.69, 9.17) is 4.42 Å². The summed E-state index contributed by atoms with van der Waals surface area (Å²) in [5, 5.41) is 2.64. The fraction of sp³-hybridized carbons (Fsp3) is 0.111. The summed E-state index contributed by atoms with van der Waals surface area (Å²) >= 11 is 1.22. The Balaban J connectivity index is 1.57. The van der Waals surface area contributed by atoms with Crippen LogP contribution in [0.3, 0.4) is 0 Å². The number of nitrogens with one attached hydrogen (secondary N) is 1. The van der Waals surface area contributed by atoms with E-state index in [9.17, 15) is 22.8 Å². The summed E-state index contributed by atoms with van der Waals surface area (Å²) in [4.78, 5) is 25.5. The topological polar surface area (TPSA) is 68.5 Å². The van der Waals surface area contributed by atoms with E-state index in [1.807, 2.05) is 0 Å². The molecule has 1 N–H and O–H groups in total. The standard InChI is InChI=1S/C18H12F3NO4S/c19-18(20,21)26-12-5-3-11(4-6-12)17(24)22-10-13-7-8-15(27-13)16(23)14-2-1-9-25-14/h1-9H,10H2,(H,22,24). The Hall–Kier alpha value is -3.07. The zero-order chi connectivity index (χ0) is 19.4. The first-order chi connectivity index (χ1) is 12.8. The van der Waals surface area contributed by atoms with Crippen molar-refractivity contribution in [3.05, 3.63) is 75.9 Å². The molecule has 27 heavy (non-hydrogen) atoms. The second-order valence-corrected chi connectivity index (χ2v) is 6.50. The molecular formula is C18H12F3NO4S. The van der Waals surface area contributed by atoms with Gasteiger partial charge in [0.25, 0.3) is 5.91 Å². The fourth-order valence-corrected chi connectivity index (χ4v) is 3.09. The molecule has 0 aliphatic carbocycles. The second-order valence-electron chi connectivity index (χ2n) is 5.33. The maximum atomic E-state index is 12.1. The highest BCUT2D eigenvalue weighted by Crippen LogP contribution is 2.23. The largest absolute Gasteiger partial charge is 0.573 e. The number of benzene rings is 1. The van der Waals surface area contributed by atoms with Gasteiger partial charge in [-0.2, -0.15) is 0 Å². The lowest BCUT2D eigenvalue weighted by Gasteiger charge is -2.09. The van der Waals surface area contributed by atoms with E-state index >= 15 is 0 Å². The summed E-state index contributed by atoms with van der Waals surface area (Å²) in [7, 11) is 0. The molecule has 5 nitrogen and oxygen atoms in total. The minimum atomic E-state index is -4.78.